The van der Waals surface area contributed by atoms with E-state index in [0.717, 1.165) is 4.68 Å². The molecule has 5 nitrogen and oxygen atoms in total. The fraction of sp³-hybridized carbons (Fsp3) is 0.250. The van der Waals surface area contributed by atoms with Crippen LogP contribution >= 0.6 is 11.8 Å². The van der Waals surface area contributed by atoms with Crippen molar-refractivity contribution in [2.45, 2.75) is 5.03 Å². The molecule has 0 spiro atoms. The van der Waals surface area contributed by atoms with E-state index < -0.39 is 6.09 Å². The fourth-order valence-corrected chi connectivity index (χ4v) is 0.759. The summed E-state index contributed by atoms with van der Waals surface area (Å²) in [4.78, 5) is 10.2. The minimum Gasteiger partial charge on any atom is -0.463 e. The van der Waals surface area contributed by atoms with Crippen LogP contribution in [0.25, 0.3) is 0 Å². The van der Waals surface area contributed by atoms with E-state index in [2.05, 4.69) is 10.3 Å². The first-order valence-electron chi connectivity index (χ1n) is 2.43. The molecule has 6 heteroatoms. The van der Waals surface area contributed by atoms with Gasteiger partial charge in [-0.15, -0.1) is 16.9 Å². The molecule has 0 bridgehead atoms. The minimum atomic E-state index is -1.12. The molecule has 0 fully saturated rings. The van der Waals surface area contributed by atoms with Gasteiger partial charge >= 0.3 is 6.09 Å². The molecule has 1 aromatic heterocycles. The van der Waals surface area contributed by atoms with E-state index in [-0.39, 0.29) is 0 Å². The average Bonchev–Trinajstić information content (AvgIpc) is 2.34. The predicted molar refractivity (Wildman–Crippen MR) is 35.2 cm³/mol. The molecule has 1 rings (SSSR count). The number of nitrogens with zero attached hydrogens (tertiary/aromatic N) is 3. The maximum atomic E-state index is 10.2. The lowest BCUT2D eigenvalue weighted by Crippen LogP contribution is -2.07. The van der Waals surface area contributed by atoms with Crippen LogP contribution in [0.5, 0.6) is 0 Å². The zero-order valence-corrected chi connectivity index (χ0v) is 6.00. The van der Waals surface area contributed by atoms with E-state index in [0.29, 0.717) is 5.03 Å². The van der Waals surface area contributed by atoms with Gasteiger partial charge in [0.1, 0.15) is 5.03 Å². The topological polar surface area (TPSA) is 68.0 Å². The van der Waals surface area contributed by atoms with Crippen molar-refractivity contribution in [3.05, 3.63) is 6.20 Å². The Hall–Kier alpha value is -1.04. The highest BCUT2D eigenvalue weighted by Gasteiger charge is 2.03. The standard InChI is InChI=1S/C4H5N3O2S/c1-10-3-2-7(4(8)9)6-5-3/h2H,1H3,(H,8,9). The zero-order valence-electron chi connectivity index (χ0n) is 5.18. The molecule has 0 unspecified atom stereocenters. The van der Waals surface area contributed by atoms with Crippen molar-refractivity contribution < 1.29 is 9.90 Å². The summed E-state index contributed by atoms with van der Waals surface area (Å²) in [7, 11) is 0. The number of hydrogen-bond acceptors (Lipinski definition) is 4. The first-order valence-corrected chi connectivity index (χ1v) is 3.66. The summed E-state index contributed by atoms with van der Waals surface area (Å²) < 4.78 is 0.770. The number of thioether (sulfide) groups is 1. The number of rotatable bonds is 1. The highest BCUT2D eigenvalue weighted by Crippen LogP contribution is 2.07. The Bertz CT molecular complexity index is 246. The molecule has 0 amide bonds. The average molecular weight is 159 g/mol. The number of carbonyl (C=O) groups is 1. The Kier molecular flexibility index (Phi) is 1.91. The Balaban J connectivity index is 2.88. The normalized spacial score (nSPS) is 9.70. The Morgan fingerprint density at radius 1 is 1.90 bits per heavy atom. The third-order valence-corrected chi connectivity index (χ3v) is 1.48. The van der Waals surface area contributed by atoms with Crippen molar-refractivity contribution in [1.82, 2.24) is 15.0 Å². The highest BCUT2D eigenvalue weighted by atomic mass is 32.2. The SMILES string of the molecule is CSc1cn(C(=O)O)nn1. The van der Waals surface area contributed by atoms with Crippen LogP contribution in [0.4, 0.5) is 4.79 Å². The molecule has 0 aliphatic rings. The smallest absolute Gasteiger partial charge is 0.433 e. The van der Waals surface area contributed by atoms with Crippen molar-refractivity contribution >= 4 is 17.9 Å². The first kappa shape index (κ1) is 7.07. The lowest BCUT2D eigenvalue weighted by Gasteiger charge is -1.84. The molecular formula is C4H5N3O2S. The van der Waals surface area contributed by atoms with Crippen LogP contribution in [-0.2, 0) is 0 Å². The molecule has 10 heavy (non-hydrogen) atoms. The second-order valence-electron chi connectivity index (χ2n) is 1.49. The molecule has 0 radical (unpaired) electrons. The van der Waals surface area contributed by atoms with Gasteiger partial charge in [-0.25, -0.2) is 4.79 Å². The molecular weight excluding hydrogens is 154 g/mol. The van der Waals surface area contributed by atoms with Crippen LogP contribution in [-0.4, -0.2) is 32.4 Å². The summed E-state index contributed by atoms with van der Waals surface area (Å²) in [6, 6.07) is 0. The second-order valence-corrected chi connectivity index (χ2v) is 2.31. The molecule has 54 valence electrons. The molecule has 0 aliphatic carbocycles. The fourth-order valence-electron chi connectivity index (χ4n) is 0.436. The van der Waals surface area contributed by atoms with Crippen molar-refractivity contribution in [3.63, 3.8) is 0 Å². The van der Waals surface area contributed by atoms with Gasteiger partial charge in [-0.05, 0) is 6.26 Å². The number of aromatic nitrogens is 3. The quantitative estimate of drug-likeness (QED) is 0.605. The van der Waals surface area contributed by atoms with E-state index in [1.807, 2.05) is 0 Å². The highest BCUT2D eigenvalue weighted by molar-refractivity contribution is 7.98. The minimum absolute atomic E-state index is 0.599. The van der Waals surface area contributed by atoms with Crippen molar-refractivity contribution in [1.29, 1.82) is 0 Å². The summed E-state index contributed by atoms with van der Waals surface area (Å²) in [6.07, 6.45) is 2.04. The van der Waals surface area contributed by atoms with Gasteiger partial charge in [0.15, 0.2) is 0 Å². The van der Waals surface area contributed by atoms with E-state index in [1.54, 1.807) is 6.26 Å². The van der Waals surface area contributed by atoms with E-state index >= 15 is 0 Å². The molecule has 0 aliphatic heterocycles. The van der Waals surface area contributed by atoms with E-state index in [4.69, 9.17) is 5.11 Å². The molecule has 1 N–H and O–H groups in total. The van der Waals surface area contributed by atoms with Crippen LogP contribution in [0.1, 0.15) is 0 Å². The van der Waals surface area contributed by atoms with Gasteiger partial charge in [0, 0.05) is 0 Å². The Morgan fingerprint density at radius 3 is 2.90 bits per heavy atom. The van der Waals surface area contributed by atoms with Gasteiger partial charge in [0.25, 0.3) is 0 Å². The molecule has 0 saturated heterocycles. The molecule has 1 heterocycles. The largest absolute Gasteiger partial charge is 0.463 e. The molecule has 1 aromatic rings. The van der Waals surface area contributed by atoms with E-state index in [9.17, 15) is 4.79 Å². The number of hydrogen-bond donors (Lipinski definition) is 1. The summed E-state index contributed by atoms with van der Waals surface area (Å²) in [5, 5.41) is 15.8. The monoisotopic (exact) mass is 159 g/mol. The summed E-state index contributed by atoms with van der Waals surface area (Å²) in [6.45, 7) is 0. The van der Waals surface area contributed by atoms with Crippen molar-refractivity contribution in [2.24, 2.45) is 0 Å². The number of carboxylic acid groups (broad SMARTS) is 1. The van der Waals surface area contributed by atoms with Crippen LogP contribution in [0.15, 0.2) is 11.2 Å². The van der Waals surface area contributed by atoms with E-state index in [1.165, 1.54) is 18.0 Å². The summed E-state index contributed by atoms with van der Waals surface area (Å²) in [5.74, 6) is 0. The van der Waals surface area contributed by atoms with Gasteiger partial charge in [-0.2, -0.15) is 4.68 Å². The molecule has 0 aromatic carbocycles. The second kappa shape index (κ2) is 2.70. The van der Waals surface area contributed by atoms with Crippen LogP contribution in [0, 0.1) is 0 Å². The third-order valence-electron chi connectivity index (χ3n) is 0.877. The van der Waals surface area contributed by atoms with Gasteiger partial charge in [-0.3, -0.25) is 0 Å². The first-order chi connectivity index (χ1) is 4.74. The Morgan fingerprint density at radius 2 is 2.60 bits per heavy atom. The maximum Gasteiger partial charge on any atom is 0.433 e. The summed E-state index contributed by atoms with van der Waals surface area (Å²) in [5.41, 5.74) is 0. The van der Waals surface area contributed by atoms with Crippen LogP contribution in [0.2, 0.25) is 0 Å². The summed E-state index contributed by atoms with van der Waals surface area (Å²) >= 11 is 1.35. The lowest BCUT2D eigenvalue weighted by atomic mass is 10.9. The van der Waals surface area contributed by atoms with Gasteiger partial charge < -0.3 is 5.11 Å². The van der Waals surface area contributed by atoms with Crippen LogP contribution < -0.4 is 0 Å². The lowest BCUT2D eigenvalue weighted by molar-refractivity contribution is 0.192. The molecule has 0 atom stereocenters. The van der Waals surface area contributed by atoms with Crippen LogP contribution in [0.3, 0.4) is 0 Å². The predicted octanol–water partition coefficient (Wildman–Crippen LogP) is 0.526. The zero-order chi connectivity index (χ0) is 7.56. The third kappa shape index (κ3) is 1.27. The molecule has 0 saturated carbocycles. The maximum absolute atomic E-state index is 10.2. The van der Waals surface area contributed by atoms with Crippen molar-refractivity contribution in [2.75, 3.05) is 6.26 Å². The van der Waals surface area contributed by atoms with Gasteiger partial charge in [0.2, 0.25) is 0 Å². The van der Waals surface area contributed by atoms with Gasteiger partial charge in [0.05, 0.1) is 6.20 Å². The van der Waals surface area contributed by atoms with Crippen molar-refractivity contribution in [3.8, 4) is 0 Å². The Labute approximate surface area is 61.0 Å². The van der Waals surface area contributed by atoms with Gasteiger partial charge in [-0.1, -0.05) is 5.21 Å².